The van der Waals surface area contributed by atoms with Gasteiger partial charge >= 0.3 is 5.97 Å². The highest BCUT2D eigenvalue weighted by Gasteiger charge is 2.32. The van der Waals surface area contributed by atoms with Gasteiger partial charge in [0, 0.05) is 11.8 Å². The quantitative estimate of drug-likeness (QED) is 0.524. The molecule has 3 N–H and O–H groups in total. The summed E-state index contributed by atoms with van der Waals surface area (Å²) < 4.78 is 0. The van der Waals surface area contributed by atoms with Crippen LogP contribution in [0.15, 0.2) is 24.3 Å². The lowest BCUT2D eigenvalue weighted by atomic mass is 9.70. The van der Waals surface area contributed by atoms with Crippen LogP contribution in [0.1, 0.15) is 92.7 Å². The molecular weight excluding hydrogens is 364 g/mol. The van der Waals surface area contributed by atoms with Crippen molar-refractivity contribution in [3.8, 4) is 11.5 Å². The van der Waals surface area contributed by atoms with E-state index >= 15 is 0 Å². The number of hydrogen-bond donors (Lipinski definition) is 3. The molecule has 0 saturated heterocycles. The Labute approximate surface area is 174 Å². The first-order chi connectivity index (χ1) is 13.4. The zero-order valence-corrected chi connectivity index (χ0v) is 18.6. The monoisotopic (exact) mass is 398 g/mol. The third-order valence-corrected chi connectivity index (χ3v) is 6.02. The first kappa shape index (κ1) is 22.8. The predicted octanol–water partition coefficient (Wildman–Crippen LogP) is 6.13. The Hall–Kier alpha value is -2.49. The summed E-state index contributed by atoms with van der Waals surface area (Å²) in [4.78, 5) is 11.4. The fourth-order valence-corrected chi connectivity index (χ4v) is 3.94. The summed E-state index contributed by atoms with van der Waals surface area (Å²) in [7, 11) is 0. The SMILES string of the molecule is Cc1cc(C(C)(CCC(=O)O)c2cc(C)c(O)c(C(C)C)c2)cc(C(C)C)c1O. The maximum absolute atomic E-state index is 11.4. The van der Waals surface area contributed by atoms with E-state index in [1.54, 1.807) is 0 Å². The minimum absolute atomic E-state index is 0.0321. The van der Waals surface area contributed by atoms with Crippen LogP contribution in [-0.2, 0) is 10.2 Å². The Morgan fingerprint density at radius 3 is 1.55 bits per heavy atom. The van der Waals surface area contributed by atoms with Crippen LogP contribution in [0.25, 0.3) is 0 Å². The Bertz CT molecular complexity index is 846. The van der Waals surface area contributed by atoms with Gasteiger partial charge in [-0.2, -0.15) is 0 Å². The summed E-state index contributed by atoms with van der Waals surface area (Å²) >= 11 is 0. The van der Waals surface area contributed by atoms with Crippen LogP contribution >= 0.6 is 0 Å². The van der Waals surface area contributed by atoms with Crippen molar-refractivity contribution in [3.63, 3.8) is 0 Å². The lowest BCUT2D eigenvalue weighted by Gasteiger charge is -2.33. The van der Waals surface area contributed by atoms with Crippen molar-refractivity contribution < 1.29 is 20.1 Å². The Kier molecular flexibility index (Phi) is 6.67. The van der Waals surface area contributed by atoms with Crippen LogP contribution in [0.4, 0.5) is 0 Å². The summed E-state index contributed by atoms with van der Waals surface area (Å²) in [6.45, 7) is 14.0. The van der Waals surface area contributed by atoms with E-state index in [1.165, 1.54) is 0 Å². The number of rotatable bonds is 7. The van der Waals surface area contributed by atoms with Crippen molar-refractivity contribution in [2.45, 2.75) is 78.6 Å². The Balaban J connectivity index is 2.78. The molecule has 0 aliphatic rings. The summed E-state index contributed by atoms with van der Waals surface area (Å²) in [5.74, 6) is 0.0499. The van der Waals surface area contributed by atoms with Gasteiger partial charge in [0.15, 0.2) is 0 Å². The fraction of sp³-hybridized carbons (Fsp3) is 0.480. The molecule has 4 nitrogen and oxygen atoms in total. The predicted molar refractivity (Wildman–Crippen MR) is 117 cm³/mol. The molecular formula is C25H34O4. The van der Waals surface area contributed by atoms with E-state index in [0.29, 0.717) is 17.9 Å². The van der Waals surface area contributed by atoms with E-state index in [2.05, 4.69) is 6.92 Å². The van der Waals surface area contributed by atoms with E-state index < -0.39 is 11.4 Å². The smallest absolute Gasteiger partial charge is 0.303 e. The van der Waals surface area contributed by atoms with Gasteiger partial charge in [0.05, 0.1) is 0 Å². The molecule has 2 aromatic rings. The van der Waals surface area contributed by atoms with E-state index in [9.17, 15) is 20.1 Å². The second-order valence-corrected chi connectivity index (χ2v) is 9.00. The normalized spacial score (nSPS) is 12.0. The molecule has 0 radical (unpaired) electrons. The molecule has 0 amide bonds. The van der Waals surface area contributed by atoms with Gasteiger partial charge in [0.25, 0.3) is 0 Å². The molecule has 0 atom stereocenters. The van der Waals surface area contributed by atoms with Crippen molar-refractivity contribution in [2.24, 2.45) is 0 Å². The molecule has 2 rings (SSSR count). The van der Waals surface area contributed by atoms with Gasteiger partial charge in [-0.1, -0.05) is 58.9 Å². The number of carboxylic acid groups (broad SMARTS) is 1. The molecule has 0 fully saturated rings. The highest BCUT2D eigenvalue weighted by atomic mass is 16.4. The largest absolute Gasteiger partial charge is 0.507 e. The number of carbonyl (C=O) groups is 1. The average Bonchev–Trinajstić information content (AvgIpc) is 2.63. The van der Waals surface area contributed by atoms with Crippen LogP contribution in [-0.4, -0.2) is 21.3 Å². The number of aryl methyl sites for hydroxylation is 2. The highest BCUT2D eigenvalue weighted by Crippen LogP contribution is 2.43. The lowest BCUT2D eigenvalue weighted by molar-refractivity contribution is -0.137. The van der Waals surface area contributed by atoms with Crippen molar-refractivity contribution >= 4 is 5.97 Å². The van der Waals surface area contributed by atoms with Crippen LogP contribution in [0, 0.1) is 13.8 Å². The van der Waals surface area contributed by atoms with E-state index in [1.807, 2.05) is 65.8 Å². The minimum atomic E-state index is -0.838. The fourth-order valence-electron chi connectivity index (χ4n) is 3.94. The van der Waals surface area contributed by atoms with Crippen molar-refractivity contribution in [1.29, 1.82) is 0 Å². The van der Waals surface area contributed by atoms with Gasteiger partial charge in [-0.25, -0.2) is 0 Å². The molecule has 4 heteroatoms. The average molecular weight is 399 g/mol. The summed E-state index contributed by atoms with van der Waals surface area (Å²) in [5.41, 5.74) is 4.69. The van der Waals surface area contributed by atoms with Crippen LogP contribution in [0.5, 0.6) is 11.5 Å². The molecule has 0 aliphatic carbocycles. The number of hydrogen-bond acceptors (Lipinski definition) is 3. The van der Waals surface area contributed by atoms with E-state index in [-0.39, 0.29) is 18.3 Å². The number of phenols is 2. The molecule has 2 aromatic carbocycles. The Morgan fingerprint density at radius 1 is 0.862 bits per heavy atom. The standard InChI is InChI=1S/C25H34O4/c1-14(2)20-12-18(10-16(5)23(20)28)25(7,9-8-22(26)27)19-11-17(6)24(29)21(13-19)15(3)4/h10-15,28-29H,8-9H2,1-7H3,(H,26,27). The van der Waals surface area contributed by atoms with Crippen LogP contribution < -0.4 is 0 Å². The summed E-state index contributed by atoms with van der Waals surface area (Å²) in [6.07, 6.45) is 0.455. The number of carboxylic acids is 1. The van der Waals surface area contributed by atoms with Gasteiger partial charge in [-0.05, 0) is 65.5 Å². The van der Waals surface area contributed by atoms with Gasteiger partial charge in [0.2, 0.25) is 0 Å². The van der Waals surface area contributed by atoms with Gasteiger partial charge in [-0.3, -0.25) is 4.79 Å². The zero-order chi connectivity index (χ0) is 22.1. The van der Waals surface area contributed by atoms with Gasteiger partial charge in [0.1, 0.15) is 11.5 Å². The second-order valence-electron chi connectivity index (χ2n) is 9.00. The Morgan fingerprint density at radius 2 is 1.24 bits per heavy atom. The molecule has 0 spiro atoms. The van der Waals surface area contributed by atoms with E-state index in [0.717, 1.165) is 33.4 Å². The van der Waals surface area contributed by atoms with Crippen molar-refractivity contribution in [3.05, 3.63) is 57.6 Å². The molecule has 0 saturated carbocycles. The minimum Gasteiger partial charge on any atom is -0.507 e. The molecule has 0 heterocycles. The summed E-state index contributed by atoms with van der Waals surface area (Å²) in [5, 5.41) is 30.4. The van der Waals surface area contributed by atoms with Gasteiger partial charge < -0.3 is 15.3 Å². The second kappa shape index (κ2) is 8.48. The summed E-state index contributed by atoms with van der Waals surface area (Å²) in [6, 6.07) is 7.93. The maximum atomic E-state index is 11.4. The molecule has 0 bridgehead atoms. The van der Waals surface area contributed by atoms with Crippen molar-refractivity contribution in [2.75, 3.05) is 0 Å². The van der Waals surface area contributed by atoms with Crippen molar-refractivity contribution in [1.82, 2.24) is 0 Å². The third kappa shape index (κ3) is 4.58. The first-order valence-corrected chi connectivity index (χ1v) is 10.3. The molecule has 158 valence electrons. The topological polar surface area (TPSA) is 77.8 Å². The number of phenolic OH excluding ortho intramolecular Hbond substituents is 2. The number of aliphatic carboxylic acids is 1. The number of aromatic hydroxyl groups is 2. The third-order valence-electron chi connectivity index (χ3n) is 6.02. The molecule has 0 unspecified atom stereocenters. The van der Waals surface area contributed by atoms with E-state index in [4.69, 9.17) is 0 Å². The molecule has 0 aromatic heterocycles. The molecule has 29 heavy (non-hydrogen) atoms. The van der Waals surface area contributed by atoms with Gasteiger partial charge in [-0.15, -0.1) is 0 Å². The maximum Gasteiger partial charge on any atom is 0.303 e. The zero-order valence-electron chi connectivity index (χ0n) is 18.6. The van der Waals surface area contributed by atoms with Crippen LogP contribution in [0.3, 0.4) is 0 Å². The molecule has 0 aliphatic heterocycles. The van der Waals surface area contributed by atoms with Crippen LogP contribution in [0.2, 0.25) is 0 Å². The first-order valence-electron chi connectivity index (χ1n) is 10.3. The lowest BCUT2D eigenvalue weighted by Crippen LogP contribution is -2.26. The highest BCUT2D eigenvalue weighted by molar-refractivity contribution is 5.67. The number of benzene rings is 2.